The molecule has 1 aromatic carbocycles. The van der Waals surface area contributed by atoms with Gasteiger partial charge >= 0.3 is 5.97 Å². The third kappa shape index (κ3) is 3.42. The molecule has 24 heavy (non-hydrogen) atoms. The van der Waals surface area contributed by atoms with Crippen LogP contribution in [0.15, 0.2) is 23.4 Å². The summed E-state index contributed by atoms with van der Waals surface area (Å²) in [5.74, 6) is -0.757. The van der Waals surface area contributed by atoms with E-state index in [9.17, 15) is 9.59 Å². The van der Waals surface area contributed by atoms with Gasteiger partial charge in [0.2, 0.25) is 5.16 Å². The highest BCUT2D eigenvalue weighted by Crippen LogP contribution is 2.29. The first-order valence-corrected chi connectivity index (χ1v) is 8.37. The van der Waals surface area contributed by atoms with Crippen LogP contribution in [0.5, 0.6) is 5.75 Å². The minimum Gasteiger partial charge on any atom is -0.484 e. The molecule has 0 fully saturated rings. The first-order valence-electron chi connectivity index (χ1n) is 6.63. The highest BCUT2D eigenvalue weighted by Gasteiger charge is 2.30. The number of nitrogens with zero attached hydrogens (tertiary/aromatic N) is 4. The van der Waals surface area contributed by atoms with E-state index in [1.54, 1.807) is 18.2 Å². The van der Waals surface area contributed by atoms with E-state index in [-0.39, 0.29) is 24.1 Å². The molecule has 1 aliphatic rings. The molecule has 2 heterocycles. The van der Waals surface area contributed by atoms with Gasteiger partial charge in [-0.05, 0) is 12.1 Å². The van der Waals surface area contributed by atoms with Crippen molar-refractivity contribution < 1.29 is 19.4 Å². The normalized spacial score (nSPS) is 13.8. The van der Waals surface area contributed by atoms with Crippen LogP contribution in [0.2, 0.25) is 10.0 Å². The van der Waals surface area contributed by atoms with E-state index in [0.717, 1.165) is 5.01 Å². The van der Waals surface area contributed by atoms with Gasteiger partial charge in [-0.15, -0.1) is 10.2 Å². The molecule has 0 atom stereocenters. The molecule has 8 nitrogen and oxygen atoms in total. The second-order valence-electron chi connectivity index (χ2n) is 4.71. The molecular weight excluding hydrogens is 379 g/mol. The number of aromatic nitrogens is 3. The van der Waals surface area contributed by atoms with Crippen LogP contribution >= 0.6 is 35.0 Å². The van der Waals surface area contributed by atoms with E-state index >= 15 is 0 Å². The molecule has 1 amide bonds. The number of carboxylic acids is 1. The van der Waals surface area contributed by atoms with Crippen LogP contribution in [-0.2, 0) is 16.2 Å². The molecule has 0 bridgehead atoms. The summed E-state index contributed by atoms with van der Waals surface area (Å²) >= 11 is 13.1. The van der Waals surface area contributed by atoms with Crippen LogP contribution in [-0.4, -0.2) is 44.2 Å². The maximum atomic E-state index is 12.0. The first-order chi connectivity index (χ1) is 11.5. The molecule has 2 aromatic rings. The predicted molar refractivity (Wildman–Crippen MR) is 87.3 cm³/mol. The summed E-state index contributed by atoms with van der Waals surface area (Å²) in [5, 5.41) is 19.2. The Morgan fingerprint density at radius 2 is 2.17 bits per heavy atom. The van der Waals surface area contributed by atoms with Crippen molar-refractivity contribution >= 4 is 46.8 Å². The number of amides is 1. The van der Waals surface area contributed by atoms with Crippen LogP contribution in [0.1, 0.15) is 5.82 Å². The van der Waals surface area contributed by atoms with Gasteiger partial charge in [0.05, 0.1) is 10.8 Å². The fraction of sp³-hybridized carbons (Fsp3) is 0.231. The lowest BCUT2D eigenvalue weighted by atomic mass is 10.3. The van der Waals surface area contributed by atoms with Crippen LogP contribution in [0.4, 0.5) is 0 Å². The number of thioether (sulfide) groups is 1. The van der Waals surface area contributed by atoms with E-state index in [4.69, 9.17) is 33.0 Å². The van der Waals surface area contributed by atoms with Crippen molar-refractivity contribution in [3.8, 4) is 5.75 Å². The van der Waals surface area contributed by atoms with Gasteiger partial charge in [-0.3, -0.25) is 9.59 Å². The van der Waals surface area contributed by atoms with Gasteiger partial charge in [-0.1, -0.05) is 35.0 Å². The molecule has 126 valence electrons. The molecule has 3 rings (SSSR count). The van der Waals surface area contributed by atoms with Gasteiger partial charge in [0, 0.05) is 11.1 Å². The zero-order valence-electron chi connectivity index (χ0n) is 12.0. The minimum atomic E-state index is -1.14. The largest absolute Gasteiger partial charge is 0.484 e. The van der Waals surface area contributed by atoms with Crippen LogP contribution in [0.25, 0.3) is 0 Å². The second kappa shape index (κ2) is 6.88. The third-order valence-corrected chi connectivity index (χ3v) is 4.52. The van der Waals surface area contributed by atoms with Crippen molar-refractivity contribution in [2.24, 2.45) is 0 Å². The summed E-state index contributed by atoms with van der Waals surface area (Å²) in [4.78, 5) is 23.0. The second-order valence-corrected chi connectivity index (χ2v) is 6.49. The number of carboxylic acid groups (broad SMARTS) is 1. The molecule has 0 unspecified atom stereocenters. The molecule has 1 N–H and O–H groups in total. The Balaban J connectivity index is 1.85. The number of ether oxygens (including phenoxy) is 1. The maximum absolute atomic E-state index is 12.0. The SMILES string of the molecule is O=C(O)CN1C(=O)CSc2nnc(COc3cc(Cl)ccc3Cl)n21. The average molecular weight is 389 g/mol. The lowest BCUT2D eigenvalue weighted by molar-refractivity contribution is -0.137. The van der Waals surface area contributed by atoms with Gasteiger partial charge in [0.1, 0.15) is 18.9 Å². The molecule has 1 aromatic heterocycles. The summed E-state index contributed by atoms with van der Waals surface area (Å²) in [5.41, 5.74) is 0. The molecule has 0 saturated carbocycles. The van der Waals surface area contributed by atoms with E-state index in [1.807, 2.05) is 0 Å². The smallest absolute Gasteiger partial charge is 0.325 e. The Hall–Kier alpha value is -1.97. The Morgan fingerprint density at radius 1 is 1.38 bits per heavy atom. The Kier molecular flexibility index (Phi) is 4.83. The highest BCUT2D eigenvalue weighted by atomic mass is 35.5. The summed E-state index contributed by atoms with van der Waals surface area (Å²) in [6.45, 7) is -0.549. The van der Waals surface area contributed by atoms with Gasteiger partial charge in [0.15, 0.2) is 5.82 Å². The van der Waals surface area contributed by atoms with Crippen molar-refractivity contribution in [2.75, 3.05) is 17.3 Å². The fourth-order valence-electron chi connectivity index (χ4n) is 2.05. The van der Waals surface area contributed by atoms with Gasteiger partial charge in [-0.25, -0.2) is 9.69 Å². The van der Waals surface area contributed by atoms with Gasteiger partial charge in [0.25, 0.3) is 5.91 Å². The number of hydrogen-bond donors (Lipinski definition) is 1. The molecule has 0 saturated heterocycles. The fourth-order valence-corrected chi connectivity index (χ4v) is 3.21. The average Bonchev–Trinajstić information content (AvgIpc) is 2.94. The number of benzene rings is 1. The van der Waals surface area contributed by atoms with Crippen molar-refractivity contribution in [3.63, 3.8) is 0 Å². The summed E-state index contributed by atoms with van der Waals surface area (Å²) in [6, 6.07) is 4.76. The maximum Gasteiger partial charge on any atom is 0.325 e. The predicted octanol–water partition coefficient (Wildman–Crippen LogP) is 1.82. The number of carbonyl (C=O) groups excluding carboxylic acids is 1. The molecular formula is C13H10Cl2N4O4S. The van der Waals surface area contributed by atoms with E-state index in [1.165, 1.54) is 16.4 Å². The summed E-state index contributed by atoms with van der Waals surface area (Å²) in [7, 11) is 0. The molecule has 0 radical (unpaired) electrons. The van der Waals surface area contributed by atoms with Crippen LogP contribution in [0.3, 0.4) is 0 Å². The molecule has 1 aliphatic heterocycles. The van der Waals surface area contributed by atoms with Crippen molar-refractivity contribution in [1.82, 2.24) is 14.9 Å². The molecule has 0 spiro atoms. The Labute approximate surface area is 150 Å². The number of rotatable bonds is 5. The zero-order valence-corrected chi connectivity index (χ0v) is 14.3. The van der Waals surface area contributed by atoms with Crippen molar-refractivity contribution in [1.29, 1.82) is 0 Å². The summed E-state index contributed by atoms with van der Waals surface area (Å²) in [6.07, 6.45) is 0. The lowest BCUT2D eigenvalue weighted by Crippen LogP contribution is -2.48. The van der Waals surface area contributed by atoms with Crippen LogP contribution < -0.4 is 9.75 Å². The van der Waals surface area contributed by atoms with E-state index < -0.39 is 12.5 Å². The summed E-state index contributed by atoms with van der Waals surface area (Å²) < 4.78 is 6.93. The van der Waals surface area contributed by atoms with E-state index in [2.05, 4.69) is 10.2 Å². The van der Waals surface area contributed by atoms with Gasteiger partial charge in [-0.2, -0.15) is 0 Å². The third-order valence-electron chi connectivity index (χ3n) is 3.07. The standard InChI is InChI=1S/C13H10Cl2N4O4S/c14-7-1-2-8(15)9(3-7)23-5-10-16-17-13-19(10)18(4-12(21)22)11(20)6-24-13/h1-3H,4-6H2,(H,21,22). The molecule has 11 heteroatoms. The first kappa shape index (κ1) is 16.9. The highest BCUT2D eigenvalue weighted by molar-refractivity contribution is 7.99. The van der Waals surface area contributed by atoms with E-state index in [0.29, 0.717) is 21.0 Å². The topological polar surface area (TPSA) is 97.6 Å². The number of carbonyl (C=O) groups is 2. The quantitative estimate of drug-likeness (QED) is 0.833. The number of fused-ring (bicyclic) bond motifs is 1. The lowest BCUT2D eigenvalue weighted by Gasteiger charge is -2.27. The molecule has 0 aliphatic carbocycles. The Bertz CT molecular complexity index is 813. The van der Waals surface area contributed by atoms with Crippen molar-refractivity contribution in [3.05, 3.63) is 34.1 Å². The number of aliphatic carboxylic acids is 1. The van der Waals surface area contributed by atoms with Gasteiger partial charge < -0.3 is 9.84 Å². The zero-order chi connectivity index (χ0) is 17.3. The van der Waals surface area contributed by atoms with Crippen LogP contribution in [0, 0.1) is 0 Å². The van der Waals surface area contributed by atoms with Crippen molar-refractivity contribution in [2.45, 2.75) is 11.8 Å². The number of halogens is 2. The minimum absolute atomic E-state index is 0.0585. The Morgan fingerprint density at radius 3 is 2.92 bits per heavy atom. The number of hydrogen-bond acceptors (Lipinski definition) is 6. The monoisotopic (exact) mass is 388 g/mol.